The van der Waals surface area contributed by atoms with Crippen molar-refractivity contribution in [2.24, 2.45) is 5.10 Å². The number of nitrogens with zero attached hydrogens (tertiary/aromatic N) is 2. The number of nitrogens with one attached hydrogen (secondary N) is 1. The van der Waals surface area contributed by atoms with Crippen LogP contribution in [0.4, 0.5) is 0 Å². The Morgan fingerprint density at radius 1 is 1.35 bits per heavy atom. The molecular weight excluding hydrogens is 354 g/mol. The van der Waals surface area contributed by atoms with Crippen molar-refractivity contribution in [1.82, 2.24) is 10.3 Å². The number of amidine groups is 1. The van der Waals surface area contributed by atoms with Crippen molar-refractivity contribution in [3.8, 4) is 11.5 Å². The SMILES string of the molecule is COc1ccc(O)c(C2=NNC(S)N2CCc2ccccc2C(=O)O)c1. The van der Waals surface area contributed by atoms with Gasteiger partial charge in [0.05, 0.1) is 18.2 Å². The second-order valence-corrected chi connectivity index (χ2v) is 6.22. The van der Waals surface area contributed by atoms with Crippen LogP contribution in [-0.2, 0) is 6.42 Å². The van der Waals surface area contributed by atoms with Crippen LogP contribution >= 0.6 is 12.6 Å². The molecular formula is C18H19N3O4S. The van der Waals surface area contributed by atoms with E-state index in [4.69, 9.17) is 4.74 Å². The summed E-state index contributed by atoms with van der Waals surface area (Å²) in [5, 5.41) is 23.8. The minimum absolute atomic E-state index is 0.0738. The zero-order valence-electron chi connectivity index (χ0n) is 14.1. The largest absolute Gasteiger partial charge is 0.507 e. The molecule has 1 atom stereocenters. The number of benzene rings is 2. The number of methoxy groups -OCH3 is 1. The fraction of sp³-hybridized carbons (Fsp3) is 0.222. The predicted octanol–water partition coefficient (Wildman–Crippen LogP) is 2.12. The maximum absolute atomic E-state index is 11.4. The molecule has 3 rings (SSSR count). The van der Waals surface area contributed by atoms with E-state index < -0.39 is 5.97 Å². The van der Waals surface area contributed by atoms with Crippen molar-refractivity contribution < 1.29 is 19.7 Å². The second-order valence-electron chi connectivity index (χ2n) is 5.73. The number of carboxylic acids is 1. The summed E-state index contributed by atoms with van der Waals surface area (Å²) >= 11 is 4.46. The highest BCUT2D eigenvalue weighted by Crippen LogP contribution is 2.27. The third-order valence-corrected chi connectivity index (χ3v) is 4.56. The third kappa shape index (κ3) is 3.55. The molecule has 1 aliphatic rings. The first-order valence-electron chi connectivity index (χ1n) is 7.97. The second kappa shape index (κ2) is 7.57. The van der Waals surface area contributed by atoms with E-state index in [0.29, 0.717) is 30.1 Å². The minimum Gasteiger partial charge on any atom is -0.507 e. The molecule has 0 radical (unpaired) electrons. The lowest BCUT2D eigenvalue weighted by Gasteiger charge is -2.24. The highest BCUT2D eigenvalue weighted by molar-refractivity contribution is 7.80. The van der Waals surface area contributed by atoms with Crippen LogP contribution in [0.3, 0.4) is 0 Å². The fourth-order valence-electron chi connectivity index (χ4n) is 2.82. The van der Waals surface area contributed by atoms with Gasteiger partial charge in [-0.1, -0.05) is 18.2 Å². The fourth-order valence-corrected chi connectivity index (χ4v) is 3.10. The number of rotatable bonds is 6. The Morgan fingerprint density at radius 2 is 2.12 bits per heavy atom. The quantitative estimate of drug-likeness (QED) is 0.580. The van der Waals surface area contributed by atoms with Crippen LogP contribution in [0, 0.1) is 0 Å². The first-order chi connectivity index (χ1) is 12.5. The summed E-state index contributed by atoms with van der Waals surface area (Å²) in [5.41, 5.74) is 4.00. The number of hydrogen-bond donors (Lipinski definition) is 4. The van der Waals surface area contributed by atoms with Gasteiger partial charge < -0.3 is 19.8 Å². The molecule has 2 aromatic carbocycles. The van der Waals surface area contributed by atoms with Crippen LogP contribution in [0.5, 0.6) is 11.5 Å². The van der Waals surface area contributed by atoms with E-state index in [-0.39, 0.29) is 16.8 Å². The Balaban J connectivity index is 1.83. The Kier molecular flexibility index (Phi) is 5.22. The molecule has 3 N–H and O–H groups in total. The van der Waals surface area contributed by atoms with Crippen LogP contribution < -0.4 is 10.2 Å². The molecule has 1 heterocycles. The van der Waals surface area contributed by atoms with E-state index in [1.807, 2.05) is 11.0 Å². The number of phenols is 1. The van der Waals surface area contributed by atoms with Gasteiger partial charge in [0.1, 0.15) is 11.5 Å². The zero-order chi connectivity index (χ0) is 18.7. The van der Waals surface area contributed by atoms with Crippen molar-refractivity contribution in [3.05, 3.63) is 59.2 Å². The number of ether oxygens (including phenoxy) is 1. The third-order valence-electron chi connectivity index (χ3n) is 4.17. The van der Waals surface area contributed by atoms with Gasteiger partial charge in [-0.2, -0.15) is 5.10 Å². The molecule has 0 spiro atoms. The summed E-state index contributed by atoms with van der Waals surface area (Å²) in [6.45, 7) is 0.473. The lowest BCUT2D eigenvalue weighted by Crippen LogP contribution is -2.38. The summed E-state index contributed by atoms with van der Waals surface area (Å²) in [6.07, 6.45) is 0.491. The first kappa shape index (κ1) is 17.9. The zero-order valence-corrected chi connectivity index (χ0v) is 15.0. The normalized spacial score (nSPS) is 16.2. The van der Waals surface area contributed by atoms with Gasteiger partial charge in [0, 0.05) is 6.54 Å². The summed E-state index contributed by atoms with van der Waals surface area (Å²) in [6, 6.07) is 11.8. The molecule has 7 nitrogen and oxygen atoms in total. The highest BCUT2D eigenvalue weighted by atomic mass is 32.1. The number of hydrazone groups is 1. The molecule has 2 aromatic rings. The van der Waals surface area contributed by atoms with E-state index in [2.05, 4.69) is 23.2 Å². The molecule has 136 valence electrons. The van der Waals surface area contributed by atoms with E-state index in [1.54, 1.807) is 43.5 Å². The number of phenolic OH excluding ortho intramolecular Hbond substituents is 1. The number of aromatic carboxylic acids is 1. The molecule has 0 aromatic heterocycles. The van der Waals surface area contributed by atoms with E-state index in [9.17, 15) is 15.0 Å². The van der Waals surface area contributed by atoms with Crippen LogP contribution in [0.25, 0.3) is 0 Å². The summed E-state index contributed by atoms with van der Waals surface area (Å²) in [4.78, 5) is 13.2. The van der Waals surface area contributed by atoms with Crippen molar-refractivity contribution in [2.75, 3.05) is 13.7 Å². The average molecular weight is 373 g/mol. The molecule has 1 unspecified atom stereocenters. The molecule has 0 fully saturated rings. The topological polar surface area (TPSA) is 94.4 Å². The van der Waals surface area contributed by atoms with Gasteiger partial charge in [0.2, 0.25) is 0 Å². The molecule has 0 saturated heterocycles. The summed E-state index contributed by atoms with van der Waals surface area (Å²) < 4.78 is 5.21. The Morgan fingerprint density at radius 3 is 2.85 bits per heavy atom. The highest BCUT2D eigenvalue weighted by Gasteiger charge is 2.28. The molecule has 26 heavy (non-hydrogen) atoms. The standard InChI is InChI=1S/C18H19N3O4S/c1-25-12-6-7-15(22)14(10-12)16-19-20-18(26)21(16)9-8-11-4-2-3-5-13(11)17(23)24/h2-7,10,18,20,22,26H,8-9H2,1H3,(H,23,24). The molecule has 8 heteroatoms. The average Bonchev–Trinajstić information content (AvgIpc) is 3.01. The van der Waals surface area contributed by atoms with Gasteiger partial charge in [0.15, 0.2) is 11.3 Å². The molecule has 0 bridgehead atoms. The van der Waals surface area contributed by atoms with E-state index in [1.165, 1.54) is 0 Å². The van der Waals surface area contributed by atoms with Crippen molar-refractivity contribution in [3.63, 3.8) is 0 Å². The van der Waals surface area contributed by atoms with Gasteiger partial charge in [-0.3, -0.25) is 5.43 Å². The van der Waals surface area contributed by atoms with Crippen LogP contribution in [0.1, 0.15) is 21.5 Å². The van der Waals surface area contributed by atoms with Crippen LogP contribution in [0.15, 0.2) is 47.6 Å². The predicted molar refractivity (Wildman–Crippen MR) is 101 cm³/mol. The Hall–Kier alpha value is -2.87. The Labute approximate surface area is 156 Å². The van der Waals surface area contributed by atoms with Crippen molar-refractivity contribution in [1.29, 1.82) is 0 Å². The number of hydrogen-bond acceptors (Lipinski definition) is 7. The van der Waals surface area contributed by atoms with Gasteiger partial charge in [-0.15, -0.1) is 12.6 Å². The van der Waals surface area contributed by atoms with Crippen molar-refractivity contribution >= 4 is 24.4 Å². The number of aromatic hydroxyl groups is 1. The lowest BCUT2D eigenvalue weighted by molar-refractivity contribution is 0.0695. The smallest absolute Gasteiger partial charge is 0.335 e. The van der Waals surface area contributed by atoms with Crippen LogP contribution in [0.2, 0.25) is 0 Å². The van der Waals surface area contributed by atoms with Gasteiger partial charge >= 0.3 is 5.97 Å². The molecule has 0 aliphatic carbocycles. The molecule has 1 aliphatic heterocycles. The van der Waals surface area contributed by atoms with E-state index in [0.717, 1.165) is 5.56 Å². The number of carbonyl (C=O) groups is 1. The first-order valence-corrected chi connectivity index (χ1v) is 8.49. The number of thiol groups is 1. The lowest BCUT2D eigenvalue weighted by atomic mass is 10.0. The molecule has 0 amide bonds. The maximum Gasteiger partial charge on any atom is 0.335 e. The summed E-state index contributed by atoms with van der Waals surface area (Å²) in [5.74, 6) is 0.236. The number of carboxylic acid groups (broad SMARTS) is 1. The molecule has 0 saturated carbocycles. The van der Waals surface area contributed by atoms with Gasteiger partial charge in [0.25, 0.3) is 0 Å². The van der Waals surface area contributed by atoms with Gasteiger partial charge in [-0.05, 0) is 36.2 Å². The van der Waals surface area contributed by atoms with Gasteiger partial charge in [-0.25, -0.2) is 4.79 Å². The van der Waals surface area contributed by atoms with Crippen LogP contribution in [-0.4, -0.2) is 46.1 Å². The van der Waals surface area contributed by atoms with Crippen molar-refractivity contribution in [2.45, 2.75) is 11.9 Å². The summed E-state index contributed by atoms with van der Waals surface area (Å²) in [7, 11) is 1.55. The van der Waals surface area contributed by atoms with E-state index >= 15 is 0 Å². The maximum atomic E-state index is 11.4. The monoisotopic (exact) mass is 373 g/mol. The minimum atomic E-state index is -0.957. The Bertz CT molecular complexity index is 856.